The van der Waals surface area contributed by atoms with Crippen LogP contribution in [0.5, 0.6) is 0 Å². The smallest absolute Gasteiger partial charge is 0.314 e. The lowest BCUT2D eigenvalue weighted by Gasteiger charge is -2.39. The molecule has 0 bridgehead atoms. The van der Waals surface area contributed by atoms with E-state index in [0.717, 1.165) is 0 Å². The van der Waals surface area contributed by atoms with Crippen LogP contribution in [0.25, 0.3) is 11.5 Å². The van der Waals surface area contributed by atoms with Gasteiger partial charge in [-0.2, -0.15) is 8.78 Å². The van der Waals surface area contributed by atoms with Crippen LogP contribution in [0.3, 0.4) is 0 Å². The minimum Gasteiger partial charge on any atom is -0.415 e. The predicted molar refractivity (Wildman–Crippen MR) is 120 cm³/mol. The summed E-state index contributed by atoms with van der Waals surface area (Å²) in [4.78, 5) is 21.4. The molecule has 1 aliphatic heterocycles. The summed E-state index contributed by atoms with van der Waals surface area (Å²) in [5.41, 5.74) is -0.530. The number of hydrogen-bond acceptors (Lipinski definition) is 6. The van der Waals surface area contributed by atoms with Crippen LogP contribution in [-0.4, -0.2) is 50.8 Å². The molecule has 4 rings (SSSR count). The molecule has 7 nitrogen and oxygen atoms in total. The Morgan fingerprint density at radius 3 is 2.38 bits per heavy atom. The Hall–Kier alpha value is -3.27. The topological polar surface area (TPSA) is 75.4 Å². The van der Waals surface area contributed by atoms with Crippen LogP contribution in [0.4, 0.5) is 18.9 Å². The predicted octanol–water partition coefficient (Wildman–Crippen LogP) is 4.81. The molecule has 10 heteroatoms. The third kappa shape index (κ3) is 5.11. The number of anilines is 1. The lowest BCUT2D eigenvalue weighted by molar-refractivity contribution is -0.133. The van der Waals surface area contributed by atoms with E-state index in [1.807, 2.05) is 6.07 Å². The van der Waals surface area contributed by atoms with Gasteiger partial charge >= 0.3 is 6.43 Å². The van der Waals surface area contributed by atoms with Gasteiger partial charge in [0.15, 0.2) is 5.67 Å². The van der Waals surface area contributed by atoms with Crippen molar-refractivity contribution in [3.8, 4) is 11.5 Å². The SMILES string of the molecule is CC(C)N1CCC(F)(C(=O)N(Cc2ccc(-c3nnc(C(F)F)o3)cn2)c2ccccc2)CC1. The van der Waals surface area contributed by atoms with Crippen LogP contribution in [0.2, 0.25) is 0 Å². The van der Waals surface area contributed by atoms with Gasteiger partial charge in [-0.3, -0.25) is 9.78 Å². The fourth-order valence-electron chi connectivity index (χ4n) is 3.98. The van der Waals surface area contributed by atoms with Gasteiger partial charge in [0.25, 0.3) is 11.8 Å². The number of nitrogens with zero attached hydrogens (tertiary/aromatic N) is 5. The first-order valence-corrected chi connectivity index (χ1v) is 11.1. The molecule has 180 valence electrons. The Kier molecular flexibility index (Phi) is 6.97. The zero-order chi connectivity index (χ0) is 24.3. The average molecular weight is 473 g/mol. The monoisotopic (exact) mass is 473 g/mol. The number of carbonyl (C=O) groups is 1. The summed E-state index contributed by atoms with van der Waals surface area (Å²) in [7, 11) is 0. The molecule has 0 aliphatic carbocycles. The summed E-state index contributed by atoms with van der Waals surface area (Å²) in [6, 6.07) is 12.4. The number of amides is 1. The number of carbonyl (C=O) groups excluding carboxylic acids is 1. The minimum atomic E-state index is -2.86. The lowest BCUT2D eigenvalue weighted by Crippen LogP contribution is -2.53. The molecule has 0 saturated carbocycles. The van der Waals surface area contributed by atoms with E-state index in [4.69, 9.17) is 4.42 Å². The molecule has 0 unspecified atom stereocenters. The number of alkyl halides is 3. The number of para-hydroxylation sites is 1. The van der Waals surface area contributed by atoms with Crippen LogP contribution in [0.1, 0.15) is 44.7 Å². The normalized spacial score (nSPS) is 16.2. The van der Waals surface area contributed by atoms with E-state index >= 15 is 4.39 Å². The van der Waals surface area contributed by atoms with Gasteiger partial charge in [0, 0.05) is 43.9 Å². The Balaban J connectivity index is 1.54. The molecule has 1 aliphatic rings. The van der Waals surface area contributed by atoms with Gasteiger partial charge in [-0.25, -0.2) is 4.39 Å². The average Bonchev–Trinajstić information content (AvgIpc) is 3.34. The van der Waals surface area contributed by atoms with Crippen molar-refractivity contribution in [3.05, 3.63) is 60.2 Å². The van der Waals surface area contributed by atoms with Crippen LogP contribution < -0.4 is 4.90 Å². The molecule has 1 amide bonds. The molecular formula is C24H26F3N5O2. The van der Waals surface area contributed by atoms with Crippen molar-refractivity contribution in [3.63, 3.8) is 0 Å². The molecule has 1 aromatic carbocycles. The van der Waals surface area contributed by atoms with Gasteiger partial charge in [-0.05, 0) is 38.1 Å². The first-order valence-electron chi connectivity index (χ1n) is 11.1. The van der Waals surface area contributed by atoms with E-state index in [2.05, 4.69) is 33.9 Å². The highest BCUT2D eigenvalue weighted by molar-refractivity contribution is 5.99. The standard InChI is InChI=1S/C24H26F3N5O2/c1-16(2)31-12-10-24(27,11-13-31)23(33)32(19-6-4-3-5-7-19)15-18-9-8-17(14-28-18)21-29-30-22(34-21)20(25)26/h3-9,14,16,20H,10-13,15H2,1-2H3. The third-order valence-electron chi connectivity index (χ3n) is 6.04. The molecule has 0 radical (unpaired) electrons. The number of likely N-dealkylation sites (tertiary alicyclic amines) is 1. The van der Waals surface area contributed by atoms with E-state index in [-0.39, 0.29) is 25.3 Å². The van der Waals surface area contributed by atoms with Crippen molar-refractivity contribution in [1.29, 1.82) is 0 Å². The largest absolute Gasteiger partial charge is 0.415 e. The molecule has 1 saturated heterocycles. The molecule has 2 aromatic heterocycles. The van der Waals surface area contributed by atoms with Gasteiger partial charge in [0.05, 0.1) is 17.8 Å². The molecule has 0 spiro atoms. The second-order valence-electron chi connectivity index (χ2n) is 8.61. The molecule has 3 heterocycles. The Morgan fingerprint density at radius 1 is 1.12 bits per heavy atom. The summed E-state index contributed by atoms with van der Waals surface area (Å²) in [6.45, 7) is 5.19. The van der Waals surface area contributed by atoms with Crippen LogP contribution in [0, 0.1) is 0 Å². The molecule has 1 fully saturated rings. The van der Waals surface area contributed by atoms with E-state index in [1.165, 1.54) is 11.1 Å². The maximum absolute atomic E-state index is 15.9. The number of benzene rings is 1. The summed E-state index contributed by atoms with van der Waals surface area (Å²) in [5, 5.41) is 6.92. The van der Waals surface area contributed by atoms with E-state index in [1.54, 1.807) is 36.4 Å². The molecule has 3 aromatic rings. The van der Waals surface area contributed by atoms with Crippen molar-refractivity contribution in [2.24, 2.45) is 0 Å². The first-order chi connectivity index (χ1) is 16.3. The molecule has 0 atom stereocenters. The fourth-order valence-corrected chi connectivity index (χ4v) is 3.98. The maximum atomic E-state index is 15.9. The highest BCUT2D eigenvalue weighted by atomic mass is 19.3. The maximum Gasteiger partial charge on any atom is 0.314 e. The highest BCUT2D eigenvalue weighted by Crippen LogP contribution is 2.32. The zero-order valence-corrected chi connectivity index (χ0v) is 19.0. The summed E-state index contributed by atoms with van der Waals surface area (Å²) < 4.78 is 46.2. The number of piperidine rings is 1. The number of aromatic nitrogens is 3. The molecular weight excluding hydrogens is 447 g/mol. The fraction of sp³-hybridized carbons (Fsp3) is 0.417. The Labute approximate surface area is 195 Å². The van der Waals surface area contributed by atoms with Gasteiger partial charge < -0.3 is 14.2 Å². The van der Waals surface area contributed by atoms with E-state index in [0.29, 0.717) is 36.1 Å². The second-order valence-corrected chi connectivity index (χ2v) is 8.61. The number of halogens is 3. The quantitative estimate of drug-likeness (QED) is 0.490. The third-order valence-corrected chi connectivity index (χ3v) is 6.04. The zero-order valence-electron chi connectivity index (χ0n) is 19.0. The van der Waals surface area contributed by atoms with E-state index < -0.39 is 23.9 Å². The second kappa shape index (κ2) is 9.92. The van der Waals surface area contributed by atoms with E-state index in [9.17, 15) is 13.6 Å². The Bertz CT molecular complexity index is 1100. The van der Waals surface area contributed by atoms with Crippen molar-refractivity contribution in [1.82, 2.24) is 20.1 Å². The van der Waals surface area contributed by atoms with Crippen molar-refractivity contribution in [2.75, 3.05) is 18.0 Å². The van der Waals surface area contributed by atoms with Gasteiger partial charge in [0.1, 0.15) is 0 Å². The van der Waals surface area contributed by atoms with Crippen LogP contribution in [0.15, 0.2) is 53.1 Å². The Morgan fingerprint density at radius 2 is 1.82 bits per heavy atom. The number of rotatable bonds is 7. The summed E-state index contributed by atoms with van der Waals surface area (Å²) in [5.74, 6) is -1.44. The van der Waals surface area contributed by atoms with Crippen LogP contribution >= 0.6 is 0 Å². The number of hydrogen-bond donors (Lipinski definition) is 0. The van der Waals surface area contributed by atoms with Gasteiger partial charge in [-0.1, -0.05) is 18.2 Å². The molecule has 0 N–H and O–H groups in total. The van der Waals surface area contributed by atoms with Crippen LogP contribution in [-0.2, 0) is 11.3 Å². The van der Waals surface area contributed by atoms with Crippen molar-refractivity contribution < 1.29 is 22.4 Å². The summed E-state index contributed by atoms with van der Waals surface area (Å²) in [6.07, 6.45) is -1.20. The minimum absolute atomic E-state index is 0.0504. The first kappa shape index (κ1) is 23.9. The summed E-state index contributed by atoms with van der Waals surface area (Å²) >= 11 is 0. The lowest BCUT2D eigenvalue weighted by atomic mass is 9.90. The molecule has 34 heavy (non-hydrogen) atoms. The van der Waals surface area contributed by atoms with Crippen molar-refractivity contribution in [2.45, 2.75) is 51.4 Å². The van der Waals surface area contributed by atoms with Gasteiger partial charge in [0.2, 0.25) is 5.89 Å². The number of pyridine rings is 1. The highest BCUT2D eigenvalue weighted by Gasteiger charge is 2.45. The van der Waals surface area contributed by atoms with Crippen molar-refractivity contribution >= 4 is 11.6 Å². The van der Waals surface area contributed by atoms with Gasteiger partial charge in [-0.15, -0.1) is 10.2 Å².